The van der Waals surface area contributed by atoms with Crippen molar-refractivity contribution in [2.24, 2.45) is 0 Å². The standard InChI is InChI=1S/C20H12O2S3/c21-25(22)19-11-13(17-3-1-9-23-17)5-7-15(19)16-8-6-14(12-20(16)25)18-4-2-10-24-18/h1-12H. The number of thiophene rings is 2. The van der Waals surface area contributed by atoms with Crippen molar-refractivity contribution < 1.29 is 8.42 Å². The predicted molar refractivity (Wildman–Crippen MR) is 104 cm³/mol. The van der Waals surface area contributed by atoms with Gasteiger partial charge in [-0.2, -0.15) is 0 Å². The van der Waals surface area contributed by atoms with Gasteiger partial charge in [-0.3, -0.25) is 0 Å². The molecule has 0 aliphatic carbocycles. The summed E-state index contributed by atoms with van der Waals surface area (Å²) in [6.07, 6.45) is 0. The van der Waals surface area contributed by atoms with Crippen molar-refractivity contribution in [1.29, 1.82) is 0 Å². The van der Waals surface area contributed by atoms with Crippen molar-refractivity contribution in [1.82, 2.24) is 0 Å². The molecule has 2 nitrogen and oxygen atoms in total. The van der Waals surface area contributed by atoms with Gasteiger partial charge in [0.2, 0.25) is 9.84 Å². The first-order valence-electron chi connectivity index (χ1n) is 7.76. The van der Waals surface area contributed by atoms with Gasteiger partial charge in [0.1, 0.15) is 0 Å². The summed E-state index contributed by atoms with van der Waals surface area (Å²) in [7, 11) is -3.48. The molecule has 1 aliphatic rings. The monoisotopic (exact) mass is 380 g/mol. The fourth-order valence-electron chi connectivity index (χ4n) is 3.24. The molecule has 5 rings (SSSR count). The van der Waals surface area contributed by atoms with Crippen LogP contribution in [0.1, 0.15) is 0 Å². The lowest BCUT2D eigenvalue weighted by molar-refractivity contribution is 0.599. The third-order valence-corrected chi connectivity index (χ3v) is 8.12. The van der Waals surface area contributed by atoms with Gasteiger partial charge in [0.15, 0.2) is 0 Å². The van der Waals surface area contributed by atoms with Gasteiger partial charge >= 0.3 is 0 Å². The van der Waals surface area contributed by atoms with Crippen LogP contribution in [-0.2, 0) is 9.84 Å². The number of fused-ring (bicyclic) bond motifs is 3. The average Bonchev–Trinajstić information content (AvgIpc) is 3.36. The molecule has 0 spiro atoms. The molecule has 0 bridgehead atoms. The highest BCUT2D eigenvalue weighted by Gasteiger charge is 2.33. The van der Waals surface area contributed by atoms with Gasteiger partial charge in [0, 0.05) is 20.9 Å². The molecule has 0 amide bonds. The molecule has 0 atom stereocenters. The Hall–Kier alpha value is -2.21. The van der Waals surface area contributed by atoms with Crippen LogP contribution in [0.15, 0.2) is 81.2 Å². The lowest BCUT2D eigenvalue weighted by Crippen LogP contribution is -1.97. The molecule has 0 saturated heterocycles. The van der Waals surface area contributed by atoms with Crippen molar-refractivity contribution in [3.63, 3.8) is 0 Å². The van der Waals surface area contributed by atoms with Crippen LogP contribution in [0.25, 0.3) is 32.0 Å². The summed E-state index contributed by atoms with van der Waals surface area (Å²) in [4.78, 5) is 2.98. The third kappa shape index (κ3) is 2.24. The number of benzene rings is 2. The Morgan fingerprint density at radius 1 is 0.640 bits per heavy atom. The van der Waals surface area contributed by atoms with Gasteiger partial charge < -0.3 is 0 Å². The molecule has 0 saturated carbocycles. The fourth-order valence-corrected chi connectivity index (χ4v) is 6.43. The van der Waals surface area contributed by atoms with E-state index in [1.54, 1.807) is 34.8 Å². The Balaban J connectivity index is 1.71. The van der Waals surface area contributed by atoms with Crippen LogP contribution in [0.4, 0.5) is 0 Å². The van der Waals surface area contributed by atoms with Crippen molar-refractivity contribution in [3.8, 4) is 32.0 Å². The summed E-state index contributed by atoms with van der Waals surface area (Å²) >= 11 is 3.23. The van der Waals surface area contributed by atoms with Crippen LogP contribution >= 0.6 is 22.7 Å². The lowest BCUT2D eigenvalue weighted by Gasteiger charge is -2.02. The van der Waals surface area contributed by atoms with Crippen LogP contribution in [0.2, 0.25) is 0 Å². The molecule has 0 fully saturated rings. The van der Waals surface area contributed by atoms with Gasteiger partial charge in [0.05, 0.1) is 9.79 Å². The second kappa shape index (κ2) is 5.39. The molecule has 2 aromatic heterocycles. The van der Waals surface area contributed by atoms with E-state index in [9.17, 15) is 8.42 Å². The average molecular weight is 381 g/mol. The fraction of sp³-hybridized carbons (Fsp3) is 0. The summed E-state index contributed by atoms with van der Waals surface area (Å²) in [5.41, 5.74) is 3.49. The molecule has 0 unspecified atom stereocenters. The van der Waals surface area contributed by atoms with E-state index in [0.29, 0.717) is 9.79 Å². The highest BCUT2D eigenvalue weighted by molar-refractivity contribution is 7.92. The maximum absolute atomic E-state index is 13.1. The van der Waals surface area contributed by atoms with E-state index in [-0.39, 0.29) is 0 Å². The first-order valence-corrected chi connectivity index (χ1v) is 11.0. The van der Waals surface area contributed by atoms with E-state index in [1.165, 1.54) is 0 Å². The molecular weight excluding hydrogens is 368 g/mol. The van der Waals surface area contributed by atoms with Crippen LogP contribution in [0.5, 0.6) is 0 Å². The minimum Gasteiger partial charge on any atom is -0.218 e. The maximum Gasteiger partial charge on any atom is 0.207 e. The number of rotatable bonds is 2. The van der Waals surface area contributed by atoms with Crippen LogP contribution < -0.4 is 0 Å². The summed E-state index contributed by atoms with van der Waals surface area (Å²) in [6, 6.07) is 19.4. The van der Waals surface area contributed by atoms with E-state index < -0.39 is 9.84 Å². The molecular formula is C20H12O2S3. The molecule has 0 N–H and O–H groups in total. The van der Waals surface area contributed by atoms with Gasteiger partial charge in [-0.25, -0.2) is 8.42 Å². The second-order valence-corrected chi connectivity index (χ2v) is 9.66. The predicted octanol–water partition coefficient (Wildman–Crippen LogP) is 5.96. The van der Waals surface area contributed by atoms with E-state index in [4.69, 9.17) is 0 Å². The molecule has 122 valence electrons. The zero-order valence-electron chi connectivity index (χ0n) is 13.0. The van der Waals surface area contributed by atoms with Crippen LogP contribution in [-0.4, -0.2) is 8.42 Å². The lowest BCUT2D eigenvalue weighted by atomic mass is 10.0. The summed E-state index contributed by atoms with van der Waals surface area (Å²) in [5, 5.41) is 4.00. The SMILES string of the molecule is O=S1(=O)c2cc(-c3cccs3)ccc2-c2ccc(-c3cccs3)cc21. The van der Waals surface area contributed by atoms with Gasteiger partial charge in [-0.05, 0) is 46.2 Å². The molecule has 3 heterocycles. The van der Waals surface area contributed by atoms with Gasteiger partial charge in [-0.15, -0.1) is 22.7 Å². The van der Waals surface area contributed by atoms with Gasteiger partial charge in [0.25, 0.3) is 0 Å². The smallest absolute Gasteiger partial charge is 0.207 e. The Morgan fingerprint density at radius 2 is 1.12 bits per heavy atom. The quantitative estimate of drug-likeness (QED) is 0.379. The van der Waals surface area contributed by atoms with Crippen LogP contribution in [0, 0.1) is 0 Å². The first kappa shape index (κ1) is 15.1. The highest BCUT2D eigenvalue weighted by atomic mass is 32.2. The Labute approximate surface area is 154 Å². The Bertz CT molecular complexity index is 1100. The molecule has 5 heteroatoms. The molecule has 0 radical (unpaired) electrons. The van der Waals surface area contributed by atoms with Crippen molar-refractivity contribution in [3.05, 3.63) is 71.4 Å². The maximum atomic E-state index is 13.1. The number of sulfone groups is 1. The van der Waals surface area contributed by atoms with Crippen molar-refractivity contribution >= 4 is 32.5 Å². The minimum atomic E-state index is -3.48. The summed E-state index contributed by atoms with van der Waals surface area (Å²) in [6.45, 7) is 0. The topological polar surface area (TPSA) is 34.1 Å². The number of hydrogen-bond acceptors (Lipinski definition) is 4. The van der Waals surface area contributed by atoms with Crippen LogP contribution in [0.3, 0.4) is 0 Å². The summed E-state index contributed by atoms with van der Waals surface area (Å²) in [5.74, 6) is 0. The van der Waals surface area contributed by atoms with Crippen molar-refractivity contribution in [2.75, 3.05) is 0 Å². The highest BCUT2D eigenvalue weighted by Crippen LogP contribution is 2.46. The molecule has 1 aliphatic heterocycles. The van der Waals surface area contributed by atoms with E-state index in [1.807, 2.05) is 59.3 Å². The van der Waals surface area contributed by atoms with Crippen molar-refractivity contribution in [2.45, 2.75) is 9.79 Å². The zero-order chi connectivity index (χ0) is 17.0. The Morgan fingerprint density at radius 3 is 1.52 bits per heavy atom. The van der Waals surface area contributed by atoms with E-state index in [0.717, 1.165) is 32.0 Å². The molecule has 2 aromatic carbocycles. The summed E-state index contributed by atoms with van der Waals surface area (Å²) < 4.78 is 26.3. The van der Waals surface area contributed by atoms with Gasteiger partial charge in [-0.1, -0.05) is 36.4 Å². The minimum absolute atomic E-state index is 0.414. The molecule has 25 heavy (non-hydrogen) atoms. The van der Waals surface area contributed by atoms with E-state index >= 15 is 0 Å². The second-order valence-electron chi connectivity index (χ2n) is 5.88. The third-order valence-electron chi connectivity index (χ3n) is 4.44. The Kier molecular flexibility index (Phi) is 3.25. The first-order chi connectivity index (χ1) is 12.1. The molecule has 4 aromatic rings. The zero-order valence-corrected chi connectivity index (χ0v) is 15.4. The largest absolute Gasteiger partial charge is 0.218 e. The number of hydrogen-bond donors (Lipinski definition) is 0. The van der Waals surface area contributed by atoms with E-state index in [2.05, 4.69) is 0 Å². The normalized spacial score (nSPS) is 14.2.